The molecular weight excluding hydrogens is 280 g/mol. The Morgan fingerprint density at radius 1 is 1.50 bits per heavy atom. The number of carbonyl (C=O) groups is 1. The topological polar surface area (TPSA) is 57.7 Å². The standard InChI is InChI=1S/C16H26N4O2/c1-4-22-16-6-5-13(9-17-16)10-20-8-7-14(11-20)18-15(21)12-19(2)3/h5-6,9,14H,4,7-8,10-12H2,1-3H3,(H,18,21)/t14-/m1/s1. The van der Waals surface area contributed by atoms with Crippen LogP contribution in [0.4, 0.5) is 0 Å². The number of amides is 1. The third-order valence-electron chi connectivity index (χ3n) is 3.59. The van der Waals surface area contributed by atoms with Gasteiger partial charge >= 0.3 is 0 Å². The molecule has 0 radical (unpaired) electrons. The number of aromatic nitrogens is 1. The van der Waals surface area contributed by atoms with E-state index in [1.54, 1.807) is 0 Å². The van der Waals surface area contributed by atoms with Crippen LogP contribution < -0.4 is 10.1 Å². The molecule has 1 atom stereocenters. The molecule has 0 unspecified atom stereocenters. The maximum absolute atomic E-state index is 11.8. The first-order chi connectivity index (χ1) is 10.6. The third kappa shape index (κ3) is 5.27. The van der Waals surface area contributed by atoms with Gasteiger partial charge in [-0.1, -0.05) is 6.07 Å². The van der Waals surface area contributed by atoms with Gasteiger partial charge in [-0.2, -0.15) is 0 Å². The highest BCUT2D eigenvalue weighted by Crippen LogP contribution is 2.15. The fourth-order valence-corrected chi connectivity index (χ4v) is 2.65. The minimum atomic E-state index is 0.0968. The summed E-state index contributed by atoms with van der Waals surface area (Å²) in [5, 5.41) is 3.09. The minimum Gasteiger partial charge on any atom is -0.478 e. The lowest BCUT2D eigenvalue weighted by molar-refractivity contribution is -0.122. The predicted octanol–water partition coefficient (Wildman–Crippen LogP) is 0.732. The number of hydrogen-bond acceptors (Lipinski definition) is 5. The van der Waals surface area contributed by atoms with Crippen molar-refractivity contribution >= 4 is 5.91 Å². The Kier molecular flexibility index (Phi) is 6.15. The fourth-order valence-electron chi connectivity index (χ4n) is 2.65. The van der Waals surface area contributed by atoms with E-state index in [4.69, 9.17) is 4.74 Å². The van der Waals surface area contributed by atoms with Gasteiger partial charge in [-0.3, -0.25) is 9.69 Å². The van der Waals surface area contributed by atoms with Gasteiger partial charge in [-0.05, 0) is 33.0 Å². The molecule has 1 N–H and O–H groups in total. The summed E-state index contributed by atoms with van der Waals surface area (Å²) in [6.07, 6.45) is 2.87. The first-order valence-electron chi connectivity index (χ1n) is 7.81. The van der Waals surface area contributed by atoms with Gasteiger partial charge in [0.1, 0.15) is 0 Å². The Hall–Kier alpha value is -1.66. The average Bonchev–Trinajstić information content (AvgIpc) is 2.87. The molecule has 2 rings (SSSR count). The molecule has 1 aliphatic rings. The second-order valence-electron chi connectivity index (χ2n) is 5.96. The van der Waals surface area contributed by atoms with Gasteiger partial charge in [-0.25, -0.2) is 4.98 Å². The molecule has 1 amide bonds. The SMILES string of the molecule is CCOc1ccc(CN2CC[C@@H](NC(=O)CN(C)C)C2)cn1. The van der Waals surface area contributed by atoms with Crippen LogP contribution in [0, 0.1) is 0 Å². The maximum atomic E-state index is 11.8. The molecule has 122 valence electrons. The number of nitrogens with one attached hydrogen (secondary N) is 1. The van der Waals surface area contributed by atoms with Crippen LogP contribution >= 0.6 is 0 Å². The smallest absolute Gasteiger partial charge is 0.234 e. The number of rotatable bonds is 7. The fraction of sp³-hybridized carbons (Fsp3) is 0.625. The number of hydrogen-bond donors (Lipinski definition) is 1. The molecule has 0 spiro atoms. The molecule has 1 aromatic heterocycles. The van der Waals surface area contributed by atoms with Gasteiger partial charge in [-0.15, -0.1) is 0 Å². The molecule has 1 aliphatic heterocycles. The van der Waals surface area contributed by atoms with E-state index in [-0.39, 0.29) is 11.9 Å². The number of carbonyl (C=O) groups excluding carboxylic acids is 1. The molecule has 22 heavy (non-hydrogen) atoms. The van der Waals surface area contributed by atoms with Crippen LogP contribution in [0.25, 0.3) is 0 Å². The summed E-state index contributed by atoms with van der Waals surface area (Å²) in [6, 6.07) is 4.21. The van der Waals surface area contributed by atoms with E-state index in [0.717, 1.165) is 26.1 Å². The Labute approximate surface area is 132 Å². The van der Waals surface area contributed by atoms with Crippen molar-refractivity contribution < 1.29 is 9.53 Å². The first-order valence-corrected chi connectivity index (χ1v) is 7.81. The van der Waals surface area contributed by atoms with Crippen LogP contribution in [-0.2, 0) is 11.3 Å². The highest BCUT2D eigenvalue weighted by atomic mass is 16.5. The van der Waals surface area contributed by atoms with Crippen LogP contribution in [0.5, 0.6) is 5.88 Å². The second kappa shape index (κ2) is 8.10. The van der Waals surface area contributed by atoms with Crippen molar-refractivity contribution in [3.63, 3.8) is 0 Å². The normalized spacial score (nSPS) is 18.6. The van der Waals surface area contributed by atoms with Crippen molar-refractivity contribution in [1.29, 1.82) is 0 Å². The summed E-state index contributed by atoms with van der Waals surface area (Å²) in [5.74, 6) is 0.765. The quantitative estimate of drug-likeness (QED) is 0.805. The molecule has 1 aromatic rings. The van der Waals surface area contributed by atoms with Gasteiger partial charge in [0.2, 0.25) is 11.8 Å². The summed E-state index contributed by atoms with van der Waals surface area (Å²) in [6.45, 7) is 5.78. The number of nitrogens with zero attached hydrogens (tertiary/aromatic N) is 3. The van der Waals surface area contributed by atoms with E-state index in [1.165, 1.54) is 5.56 Å². The molecule has 0 aromatic carbocycles. The Bertz CT molecular complexity index is 476. The van der Waals surface area contributed by atoms with Crippen LogP contribution in [0.2, 0.25) is 0 Å². The Balaban J connectivity index is 1.77. The number of pyridine rings is 1. The highest BCUT2D eigenvalue weighted by Gasteiger charge is 2.23. The highest BCUT2D eigenvalue weighted by molar-refractivity contribution is 5.78. The van der Waals surface area contributed by atoms with Crippen LogP contribution in [0.3, 0.4) is 0 Å². The number of likely N-dealkylation sites (N-methyl/N-ethyl adjacent to an activating group) is 1. The van der Waals surface area contributed by atoms with E-state index in [9.17, 15) is 4.79 Å². The molecule has 0 aliphatic carbocycles. The van der Waals surface area contributed by atoms with E-state index in [0.29, 0.717) is 19.0 Å². The lowest BCUT2D eigenvalue weighted by atomic mass is 10.2. The average molecular weight is 306 g/mol. The lowest BCUT2D eigenvalue weighted by Crippen LogP contribution is -2.41. The van der Waals surface area contributed by atoms with Gasteiger partial charge in [0.25, 0.3) is 0 Å². The predicted molar refractivity (Wildman–Crippen MR) is 85.8 cm³/mol. The van der Waals surface area contributed by atoms with Crippen LogP contribution in [0.15, 0.2) is 18.3 Å². The molecule has 6 nitrogen and oxygen atoms in total. The van der Waals surface area contributed by atoms with Crippen molar-refractivity contribution in [2.24, 2.45) is 0 Å². The molecule has 1 fully saturated rings. The largest absolute Gasteiger partial charge is 0.478 e. The van der Waals surface area contributed by atoms with E-state index < -0.39 is 0 Å². The van der Waals surface area contributed by atoms with Gasteiger partial charge in [0.15, 0.2) is 0 Å². The molecule has 2 heterocycles. The summed E-state index contributed by atoms with van der Waals surface area (Å²) >= 11 is 0. The van der Waals surface area contributed by atoms with Gasteiger partial charge in [0.05, 0.1) is 13.2 Å². The number of likely N-dealkylation sites (tertiary alicyclic amines) is 1. The summed E-state index contributed by atoms with van der Waals surface area (Å²) < 4.78 is 5.35. The zero-order valence-electron chi connectivity index (χ0n) is 13.7. The van der Waals surface area contributed by atoms with E-state index >= 15 is 0 Å². The van der Waals surface area contributed by atoms with Crippen molar-refractivity contribution in [2.45, 2.75) is 25.9 Å². The lowest BCUT2D eigenvalue weighted by Gasteiger charge is -2.17. The zero-order chi connectivity index (χ0) is 15.9. The molecule has 6 heteroatoms. The monoisotopic (exact) mass is 306 g/mol. The van der Waals surface area contributed by atoms with Crippen molar-refractivity contribution in [2.75, 3.05) is 40.3 Å². The second-order valence-corrected chi connectivity index (χ2v) is 5.96. The molecule has 1 saturated heterocycles. The van der Waals surface area contributed by atoms with Crippen LogP contribution in [-0.4, -0.2) is 67.1 Å². The summed E-state index contributed by atoms with van der Waals surface area (Å²) in [5.41, 5.74) is 1.17. The molecular formula is C16H26N4O2. The third-order valence-corrected chi connectivity index (χ3v) is 3.59. The Morgan fingerprint density at radius 3 is 2.95 bits per heavy atom. The van der Waals surface area contributed by atoms with Crippen molar-refractivity contribution in [1.82, 2.24) is 20.1 Å². The molecule has 0 bridgehead atoms. The van der Waals surface area contributed by atoms with Crippen molar-refractivity contribution in [3.05, 3.63) is 23.9 Å². The zero-order valence-corrected chi connectivity index (χ0v) is 13.7. The first kappa shape index (κ1) is 16.7. The molecule has 0 saturated carbocycles. The maximum Gasteiger partial charge on any atom is 0.234 e. The van der Waals surface area contributed by atoms with E-state index in [2.05, 4.69) is 21.3 Å². The summed E-state index contributed by atoms with van der Waals surface area (Å²) in [4.78, 5) is 20.3. The van der Waals surface area contributed by atoms with Gasteiger partial charge < -0.3 is 15.0 Å². The Morgan fingerprint density at radius 2 is 2.32 bits per heavy atom. The number of ether oxygens (including phenoxy) is 1. The minimum absolute atomic E-state index is 0.0968. The summed E-state index contributed by atoms with van der Waals surface area (Å²) in [7, 11) is 3.80. The van der Waals surface area contributed by atoms with Crippen LogP contribution in [0.1, 0.15) is 18.9 Å². The van der Waals surface area contributed by atoms with E-state index in [1.807, 2.05) is 38.2 Å². The van der Waals surface area contributed by atoms with Crippen molar-refractivity contribution in [3.8, 4) is 5.88 Å². The van der Waals surface area contributed by atoms with Gasteiger partial charge in [0, 0.05) is 37.9 Å².